The summed E-state index contributed by atoms with van der Waals surface area (Å²) >= 11 is 0. The van der Waals surface area contributed by atoms with Gasteiger partial charge in [-0.25, -0.2) is 0 Å². The van der Waals surface area contributed by atoms with Gasteiger partial charge in [0.1, 0.15) is 11.7 Å². The molecule has 0 aliphatic carbocycles. The van der Waals surface area contributed by atoms with Crippen molar-refractivity contribution < 1.29 is 22.7 Å². The van der Waals surface area contributed by atoms with Crippen molar-refractivity contribution in [2.24, 2.45) is 0 Å². The Morgan fingerprint density at radius 1 is 1.21 bits per heavy atom. The van der Waals surface area contributed by atoms with Crippen molar-refractivity contribution in [2.75, 3.05) is 0 Å². The topological polar surface area (TPSA) is 63.0 Å². The van der Waals surface area contributed by atoms with Crippen molar-refractivity contribution >= 4 is 5.78 Å². The monoisotopic (exact) mass is 334 g/mol. The van der Waals surface area contributed by atoms with Gasteiger partial charge in [0.15, 0.2) is 5.78 Å². The molecule has 0 saturated carbocycles. The molecular weight excluding hydrogens is 321 g/mol. The third-order valence-corrected chi connectivity index (χ3v) is 3.27. The maximum atomic E-state index is 12.4. The average molecular weight is 334 g/mol. The van der Waals surface area contributed by atoms with E-state index in [4.69, 9.17) is 0 Å². The molecule has 2 rings (SSSR count). The van der Waals surface area contributed by atoms with E-state index >= 15 is 0 Å². The van der Waals surface area contributed by atoms with Crippen molar-refractivity contribution in [2.45, 2.75) is 25.1 Å². The van der Waals surface area contributed by atoms with E-state index in [0.29, 0.717) is 5.69 Å². The number of carbonyl (C=O) groups is 1. The van der Waals surface area contributed by atoms with Gasteiger partial charge >= 0.3 is 6.36 Å². The third kappa shape index (κ3) is 4.81. The Morgan fingerprint density at radius 3 is 2.54 bits per heavy atom. The van der Waals surface area contributed by atoms with Crippen LogP contribution in [-0.4, -0.2) is 17.1 Å². The van der Waals surface area contributed by atoms with Crippen molar-refractivity contribution in [3.8, 4) is 11.8 Å². The molecule has 1 atom stereocenters. The molecule has 0 fully saturated rings. The van der Waals surface area contributed by atoms with E-state index in [2.05, 4.69) is 9.72 Å². The minimum atomic E-state index is -4.80. The van der Waals surface area contributed by atoms with E-state index in [9.17, 15) is 23.2 Å². The molecule has 1 heterocycles. The molecule has 0 N–H and O–H groups in total. The minimum Gasteiger partial charge on any atom is -0.406 e. The molecule has 24 heavy (non-hydrogen) atoms. The lowest BCUT2D eigenvalue weighted by atomic mass is 9.95. The van der Waals surface area contributed by atoms with Gasteiger partial charge in [-0.3, -0.25) is 9.78 Å². The number of alkyl halides is 3. The number of nitrogens with zero attached hydrogens (tertiary/aromatic N) is 2. The van der Waals surface area contributed by atoms with Crippen molar-refractivity contribution in [3.63, 3.8) is 0 Å². The van der Waals surface area contributed by atoms with Crippen LogP contribution in [0.25, 0.3) is 0 Å². The lowest BCUT2D eigenvalue weighted by molar-refractivity contribution is -0.274. The van der Waals surface area contributed by atoms with E-state index in [1.165, 1.54) is 24.4 Å². The molecule has 1 aromatic heterocycles. The molecule has 0 spiro atoms. The van der Waals surface area contributed by atoms with Crippen LogP contribution in [0.4, 0.5) is 13.2 Å². The van der Waals surface area contributed by atoms with Crippen LogP contribution in [0, 0.1) is 11.3 Å². The molecular formula is C17H13F3N2O2. The molecule has 0 saturated heterocycles. The largest absolute Gasteiger partial charge is 0.573 e. The fourth-order valence-electron chi connectivity index (χ4n) is 2.19. The first-order valence-corrected chi connectivity index (χ1v) is 7.07. The Morgan fingerprint density at radius 2 is 1.92 bits per heavy atom. The van der Waals surface area contributed by atoms with Crippen molar-refractivity contribution in [1.82, 2.24) is 4.98 Å². The highest BCUT2D eigenvalue weighted by Crippen LogP contribution is 2.27. The van der Waals surface area contributed by atoms with E-state index < -0.39 is 18.1 Å². The molecule has 0 amide bonds. The lowest BCUT2D eigenvalue weighted by Gasteiger charge is -2.13. The predicted molar refractivity (Wildman–Crippen MR) is 79.0 cm³/mol. The second-order valence-corrected chi connectivity index (χ2v) is 4.94. The van der Waals surface area contributed by atoms with Gasteiger partial charge < -0.3 is 4.74 Å². The smallest absolute Gasteiger partial charge is 0.406 e. The number of rotatable bonds is 6. The Hall–Kier alpha value is -2.88. The van der Waals surface area contributed by atoms with E-state index in [0.717, 1.165) is 0 Å². The minimum absolute atomic E-state index is 0.0378. The van der Waals surface area contributed by atoms with Crippen molar-refractivity contribution in [3.05, 3.63) is 59.9 Å². The van der Waals surface area contributed by atoms with Gasteiger partial charge in [0.05, 0.1) is 11.8 Å². The quantitative estimate of drug-likeness (QED) is 0.806. The number of nitriles is 1. The first-order valence-electron chi connectivity index (χ1n) is 7.07. The fourth-order valence-corrected chi connectivity index (χ4v) is 2.19. The Labute approximate surface area is 136 Å². The Kier molecular flexibility index (Phi) is 5.53. The summed E-state index contributed by atoms with van der Waals surface area (Å²) in [7, 11) is 0. The zero-order valence-electron chi connectivity index (χ0n) is 12.5. The number of hydrogen-bond acceptors (Lipinski definition) is 4. The summed E-state index contributed by atoms with van der Waals surface area (Å²) in [5, 5.41) is 9.17. The molecule has 1 aromatic carbocycles. The van der Waals surface area contributed by atoms with Crippen LogP contribution >= 0.6 is 0 Å². The first-order chi connectivity index (χ1) is 11.4. The average Bonchev–Trinajstić information content (AvgIpc) is 2.54. The number of aromatic nitrogens is 1. The van der Waals surface area contributed by atoms with E-state index in [1.807, 2.05) is 6.07 Å². The highest BCUT2D eigenvalue weighted by Gasteiger charge is 2.32. The molecule has 2 aromatic rings. The molecule has 1 unspecified atom stereocenters. The van der Waals surface area contributed by atoms with Crippen LogP contribution in [0.1, 0.15) is 23.6 Å². The molecule has 0 radical (unpaired) electrons. The van der Waals surface area contributed by atoms with Gasteiger partial charge in [0.2, 0.25) is 0 Å². The van der Waals surface area contributed by atoms with E-state index in [1.54, 1.807) is 24.3 Å². The normalized spacial score (nSPS) is 12.2. The summed E-state index contributed by atoms with van der Waals surface area (Å²) in [5.74, 6) is -1.79. The molecule has 4 nitrogen and oxygen atoms in total. The second-order valence-electron chi connectivity index (χ2n) is 4.94. The molecule has 7 heteroatoms. The number of para-hydroxylation sites is 1. The zero-order valence-corrected chi connectivity index (χ0v) is 12.5. The van der Waals surface area contributed by atoms with Crippen LogP contribution in [0.15, 0.2) is 48.7 Å². The number of pyridine rings is 1. The highest BCUT2D eigenvalue weighted by molar-refractivity contribution is 5.88. The number of ether oxygens (including phenoxy) is 1. The maximum absolute atomic E-state index is 12.4. The SMILES string of the molecule is N#CC(C(=O)CCc1ccccc1OC(F)(F)F)c1ccccn1. The van der Waals surface area contributed by atoms with Crippen LogP contribution < -0.4 is 4.74 Å². The predicted octanol–water partition coefficient (Wildman–Crippen LogP) is 3.79. The Balaban J connectivity index is 2.08. The number of halogens is 3. The number of ketones is 1. The standard InChI is InChI=1S/C17H13F3N2O2/c18-17(19,20)24-16-7-2-1-5-12(16)8-9-15(23)13(11-21)14-6-3-4-10-22-14/h1-7,10,13H,8-9H2. The summed E-state index contributed by atoms with van der Waals surface area (Å²) < 4.78 is 41.1. The molecule has 0 aliphatic rings. The summed E-state index contributed by atoms with van der Waals surface area (Å²) in [6.45, 7) is 0. The molecule has 0 bridgehead atoms. The summed E-state index contributed by atoms with van der Waals surface area (Å²) in [6.07, 6.45) is -3.38. The van der Waals surface area contributed by atoms with Gasteiger partial charge in [-0.2, -0.15) is 5.26 Å². The third-order valence-electron chi connectivity index (χ3n) is 3.27. The highest BCUT2D eigenvalue weighted by atomic mass is 19.4. The Bertz CT molecular complexity index is 739. The van der Waals surface area contributed by atoms with Crippen LogP contribution in [-0.2, 0) is 11.2 Å². The summed E-state index contributed by atoms with van der Waals surface area (Å²) in [4.78, 5) is 16.2. The van der Waals surface area contributed by atoms with Gasteiger partial charge in [0.25, 0.3) is 0 Å². The van der Waals surface area contributed by atoms with Gasteiger partial charge in [-0.05, 0) is 30.2 Å². The van der Waals surface area contributed by atoms with Crippen LogP contribution in [0.3, 0.4) is 0 Å². The van der Waals surface area contributed by atoms with Crippen LogP contribution in [0.5, 0.6) is 5.75 Å². The van der Waals surface area contributed by atoms with Gasteiger partial charge in [-0.15, -0.1) is 13.2 Å². The number of hydrogen-bond donors (Lipinski definition) is 0. The fraction of sp³-hybridized carbons (Fsp3) is 0.235. The maximum Gasteiger partial charge on any atom is 0.573 e. The second kappa shape index (κ2) is 7.59. The van der Waals surface area contributed by atoms with Gasteiger partial charge in [0, 0.05) is 12.6 Å². The molecule has 0 aliphatic heterocycles. The molecule has 124 valence electrons. The lowest BCUT2D eigenvalue weighted by Crippen LogP contribution is -2.18. The number of Topliss-reactive ketones (excluding diaryl/α,β-unsaturated/α-hetero) is 1. The number of benzene rings is 1. The summed E-state index contributed by atoms with van der Waals surface area (Å²) in [5.41, 5.74) is 0.575. The first kappa shape index (κ1) is 17.5. The van der Waals surface area contributed by atoms with E-state index in [-0.39, 0.29) is 24.2 Å². The number of aryl methyl sites for hydroxylation is 1. The zero-order chi connectivity index (χ0) is 17.6. The van der Waals surface area contributed by atoms with Gasteiger partial charge in [-0.1, -0.05) is 24.3 Å². The summed E-state index contributed by atoms with van der Waals surface area (Å²) in [6, 6.07) is 12.4. The van der Waals surface area contributed by atoms with Crippen LogP contribution in [0.2, 0.25) is 0 Å². The van der Waals surface area contributed by atoms with Crippen molar-refractivity contribution in [1.29, 1.82) is 5.26 Å². The number of carbonyl (C=O) groups excluding carboxylic acids is 1.